The second-order valence-corrected chi connectivity index (χ2v) is 4.24. The van der Waals surface area contributed by atoms with Crippen LogP contribution in [0, 0.1) is 12.3 Å². The fourth-order valence-corrected chi connectivity index (χ4v) is 1.67. The molecular formula is C10H15N3O2. The van der Waals surface area contributed by atoms with Crippen LogP contribution in [0.1, 0.15) is 19.0 Å². The Morgan fingerprint density at radius 3 is 3.07 bits per heavy atom. The molecule has 2 heterocycles. The number of oxazole rings is 1. The summed E-state index contributed by atoms with van der Waals surface area (Å²) in [7, 11) is 0. The van der Waals surface area contributed by atoms with Crippen LogP contribution in [-0.2, 0) is 4.79 Å². The lowest BCUT2D eigenvalue weighted by Crippen LogP contribution is -2.35. The van der Waals surface area contributed by atoms with E-state index in [9.17, 15) is 4.79 Å². The number of hydrogen-bond donors (Lipinski definition) is 2. The van der Waals surface area contributed by atoms with Gasteiger partial charge >= 0.3 is 6.01 Å². The van der Waals surface area contributed by atoms with Crippen molar-refractivity contribution >= 4 is 11.9 Å². The van der Waals surface area contributed by atoms with Crippen molar-refractivity contribution in [2.45, 2.75) is 20.3 Å². The molecule has 1 fully saturated rings. The van der Waals surface area contributed by atoms with Crippen LogP contribution >= 0.6 is 0 Å². The molecule has 2 N–H and O–H groups in total. The van der Waals surface area contributed by atoms with Crippen molar-refractivity contribution < 1.29 is 9.21 Å². The lowest BCUT2D eigenvalue weighted by atomic mass is 9.89. The van der Waals surface area contributed by atoms with Crippen molar-refractivity contribution in [3.63, 3.8) is 0 Å². The van der Waals surface area contributed by atoms with Gasteiger partial charge in [0.2, 0.25) is 5.91 Å². The van der Waals surface area contributed by atoms with Crippen LogP contribution in [0.3, 0.4) is 0 Å². The Balaban J connectivity index is 2.03. The van der Waals surface area contributed by atoms with Crippen LogP contribution in [0.15, 0.2) is 10.7 Å². The summed E-state index contributed by atoms with van der Waals surface area (Å²) in [6.07, 6.45) is 2.36. The summed E-state index contributed by atoms with van der Waals surface area (Å²) >= 11 is 0. The molecule has 15 heavy (non-hydrogen) atoms. The molecule has 0 saturated carbocycles. The molecule has 1 aliphatic rings. The van der Waals surface area contributed by atoms with E-state index in [4.69, 9.17) is 4.42 Å². The van der Waals surface area contributed by atoms with Crippen LogP contribution in [-0.4, -0.2) is 24.0 Å². The summed E-state index contributed by atoms with van der Waals surface area (Å²) in [5.41, 5.74) is 0.419. The zero-order valence-corrected chi connectivity index (χ0v) is 8.96. The molecule has 0 spiro atoms. The van der Waals surface area contributed by atoms with Gasteiger partial charge in [0.05, 0.1) is 11.1 Å². The summed E-state index contributed by atoms with van der Waals surface area (Å²) in [6.45, 7) is 5.35. The average Bonchev–Trinajstić information content (AvgIpc) is 2.76. The number of nitrogens with zero attached hydrogens (tertiary/aromatic N) is 1. The molecule has 5 heteroatoms. The Morgan fingerprint density at radius 2 is 2.53 bits per heavy atom. The number of aromatic nitrogens is 1. The molecule has 0 aliphatic carbocycles. The van der Waals surface area contributed by atoms with E-state index < -0.39 is 0 Å². The molecule has 1 aliphatic heterocycles. The van der Waals surface area contributed by atoms with Crippen LogP contribution in [0.25, 0.3) is 0 Å². The Bertz CT molecular complexity index is 366. The third kappa shape index (κ3) is 2.02. The Morgan fingerprint density at radius 1 is 1.73 bits per heavy atom. The molecule has 82 valence electrons. The van der Waals surface area contributed by atoms with E-state index in [1.165, 1.54) is 6.26 Å². The fraction of sp³-hybridized carbons (Fsp3) is 0.600. The Labute approximate surface area is 88.3 Å². The van der Waals surface area contributed by atoms with E-state index in [2.05, 4.69) is 15.6 Å². The average molecular weight is 209 g/mol. The first-order valence-corrected chi connectivity index (χ1v) is 5.04. The first kappa shape index (κ1) is 10.2. The second-order valence-electron chi connectivity index (χ2n) is 4.24. The molecule has 5 nitrogen and oxygen atoms in total. The lowest BCUT2D eigenvalue weighted by Gasteiger charge is -2.19. The monoisotopic (exact) mass is 209 g/mol. The number of anilines is 1. The smallest absolute Gasteiger partial charge is 0.301 e. The maximum Gasteiger partial charge on any atom is 0.301 e. The van der Waals surface area contributed by atoms with Gasteiger partial charge in [-0.1, -0.05) is 0 Å². The Hall–Kier alpha value is -1.36. The van der Waals surface area contributed by atoms with Crippen molar-refractivity contribution in [3.8, 4) is 0 Å². The van der Waals surface area contributed by atoms with Gasteiger partial charge in [-0.05, 0) is 26.8 Å². The molecule has 2 rings (SSSR count). The van der Waals surface area contributed by atoms with Crippen molar-refractivity contribution in [3.05, 3.63) is 12.0 Å². The normalized spacial score (nSPS) is 25.5. The van der Waals surface area contributed by atoms with Crippen molar-refractivity contribution in [2.75, 3.05) is 18.4 Å². The van der Waals surface area contributed by atoms with Gasteiger partial charge in [0.1, 0.15) is 6.26 Å². The SMILES string of the molecule is Cc1coc(NC(=O)C2(C)CCNC2)n1. The van der Waals surface area contributed by atoms with Crippen LogP contribution in [0.5, 0.6) is 0 Å². The number of nitrogens with one attached hydrogen (secondary N) is 2. The standard InChI is InChI=1S/C10H15N3O2/c1-7-5-15-9(12-7)13-8(14)10(2)3-4-11-6-10/h5,11H,3-4,6H2,1-2H3,(H,12,13,14). The van der Waals surface area contributed by atoms with Crippen LogP contribution in [0.4, 0.5) is 6.01 Å². The van der Waals surface area contributed by atoms with Crippen molar-refractivity contribution in [1.82, 2.24) is 10.3 Å². The van der Waals surface area contributed by atoms with Gasteiger partial charge in [0, 0.05) is 6.54 Å². The predicted octanol–water partition coefficient (Wildman–Crippen LogP) is 0.921. The predicted molar refractivity (Wildman–Crippen MR) is 55.5 cm³/mol. The molecule has 1 aromatic heterocycles. The van der Waals surface area contributed by atoms with E-state index in [-0.39, 0.29) is 17.3 Å². The second kappa shape index (κ2) is 3.66. The Kier molecular flexibility index (Phi) is 2.48. The van der Waals surface area contributed by atoms with Gasteiger partial charge < -0.3 is 9.73 Å². The van der Waals surface area contributed by atoms with E-state index in [1.807, 2.05) is 13.8 Å². The van der Waals surface area contributed by atoms with Crippen molar-refractivity contribution in [2.24, 2.45) is 5.41 Å². The van der Waals surface area contributed by atoms with Gasteiger partial charge in [-0.3, -0.25) is 10.1 Å². The molecule has 1 atom stereocenters. The molecule has 1 aromatic rings. The number of hydrogen-bond acceptors (Lipinski definition) is 4. The molecule has 0 radical (unpaired) electrons. The first-order chi connectivity index (χ1) is 7.10. The minimum atomic E-state index is -0.345. The number of amides is 1. The van der Waals surface area contributed by atoms with Gasteiger partial charge in [0.15, 0.2) is 0 Å². The quantitative estimate of drug-likeness (QED) is 0.760. The summed E-state index contributed by atoms with van der Waals surface area (Å²) in [5, 5.41) is 5.86. The molecule has 0 aromatic carbocycles. The zero-order valence-electron chi connectivity index (χ0n) is 8.96. The van der Waals surface area contributed by atoms with Gasteiger partial charge in [-0.15, -0.1) is 0 Å². The third-order valence-corrected chi connectivity index (χ3v) is 2.76. The summed E-state index contributed by atoms with van der Waals surface area (Å²) in [5.74, 6) is -0.0330. The molecule has 1 saturated heterocycles. The fourth-order valence-electron chi connectivity index (χ4n) is 1.67. The van der Waals surface area contributed by atoms with Crippen LogP contribution in [0.2, 0.25) is 0 Å². The first-order valence-electron chi connectivity index (χ1n) is 5.04. The third-order valence-electron chi connectivity index (χ3n) is 2.76. The summed E-state index contributed by atoms with van der Waals surface area (Å²) in [6, 6.07) is 0.283. The van der Waals surface area contributed by atoms with Crippen LogP contribution < -0.4 is 10.6 Å². The highest BCUT2D eigenvalue weighted by Crippen LogP contribution is 2.26. The summed E-state index contributed by atoms with van der Waals surface area (Å²) < 4.78 is 5.08. The van der Waals surface area contributed by atoms with E-state index in [1.54, 1.807) is 0 Å². The topological polar surface area (TPSA) is 67.2 Å². The highest BCUT2D eigenvalue weighted by molar-refractivity contribution is 5.93. The van der Waals surface area contributed by atoms with Gasteiger partial charge in [0.25, 0.3) is 0 Å². The van der Waals surface area contributed by atoms with E-state index in [0.29, 0.717) is 6.54 Å². The minimum Gasteiger partial charge on any atom is -0.432 e. The molecule has 1 unspecified atom stereocenters. The maximum absolute atomic E-state index is 11.9. The van der Waals surface area contributed by atoms with Gasteiger partial charge in [-0.25, -0.2) is 0 Å². The number of rotatable bonds is 2. The molecular weight excluding hydrogens is 194 g/mol. The lowest BCUT2D eigenvalue weighted by molar-refractivity contribution is -0.123. The number of carbonyl (C=O) groups is 1. The van der Waals surface area contributed by atoms with E-state index >= 15 is 0 Å². The summed E-state index contributed by atoms with van der Waals surface area (Å²) in [4.78, 5) is 15.9. The highest BCUT2D eigenvalue weighted by Gasteiger charge is 2.36. The van der Waals surface area contributed by atoms with Gasteiger partial charge in [-0.2, -0.15) is 4.98 Å². The maximum atomic E-state index is 11.9. The highest BCUT2D eigenvalue weighted by atomic mass is 16.4. The number of carbonyl (C=O) groups excluding carboxylic acids is 1. The largest absolute Gasteiger partial charge is 0.432 e. The van der Waals surface area contributed by atoms with E-state index in [0.717, 1.165) is 18.7 Å². The van der Waals surface area contributed by atoms with Crippen molar-refractivity contribution in [1.29, 1.82) is 0 Å². The number of aryl methyl sites for hydroxylation is 1. The molecule has 1 amide bonds. The minimum absolute atomic E-state index is 0.0330. The molecule has 0 bridgehead atoms. The zero-order chi connectivity index (χ0) is 10.9.